The molecular formula is C33H29ClN2O. The maximum atomic E-state index is 6.21. The number of aryl methyl sites for hydroxylation is 1. The van der Waals surface area contributed by atoms with Crippen LogP contribution in [0.4, 0.5) is 11.4 Å². The van der Waals surface area contributed by atoms with Crippen molar-refractivity contribution < 1.29 is 4.74 Å². The Morgan fingerprint density at radius 3 is 2.59 bits per heavy atom. The smallest absolute Gasteiger partial charge is 0.119 e. The maximum absolute atomic E-state index is 6.21. The van der Waals surface area contributed by atoms with Crippen molar-refractivity contribution in [3.05, 3.63) is 136 Å². The molecule has 1 heterocycles. The van der Waals surface area contributed by atoms with Crippen LogP contribution in [0.3, 0.4) is 0 Å². The Labute approximate surface area is 223 Å². The molecule has 0 fully saturated rings. The van der Waals surface area contributed by atoms with Crippen LogP contribution >= 0.6 is 11.6 Å². The first-order chi connectivity index (χ1) is 18.1. The minimum atomic E-state index is 0.298. The van der Waals surface area contributed by atoms with E-state index in [0.29, 0.717) is 24.5 Å². The third-order valence-corrected chi connectivity index (χ3v) is 7.73. The van der Waals surface area contributed by atoms with Gasteiger partial charge in [0.1, 0.15) is 12.4 Å². The second kappa shape index (κ2) is 10.3. The Bertz CT molecular complexity index is 1460. The molecule has 4 heteroatoms. The zero-order valence-electron chi connectivity index (χ0n) is 20.8. The lowest BCUT2D eigenvalue weighted by Crippen LogP contribution is -2.29. The van der Waals surface area contributed by atoms with Gasteiger partial charge in [-0.05, 0) is 84.5 Å². The number of hydrogen-bond donors (Lipinski definition) is 1. The van der Waals surface area contributed by atoms with Crippen LogP contribution in [0.25, 0.3) is 0 Å². The van der Waals surface area contributed by atoms with Gasteiger partial charge in [-0.25, -0.2) is 0 Å². The molecule has 4 aromatic rings. The maximum Gasteiger partial charge on any atom is 0.119 e. The van der Waals surface area contributed by atoms with E-state index in [1.165, 1.54) is 22.4 Å². The van der Waals surface area contributed by atoms with Crippen molar-refractivity contribution in [3.8, 4) is 5.75 Å². The number of nitrogens with zero attached hydrogens (tertiary/aromatic N) is 1. The quantitative estimate of drug-likeness (QED) is 0.210. The van der Waals surface area contributed by atoms with Crippen LogP contribution in [0.1, 0.15) is 46.2 Å². The standard InChI is InChI=1S/C33H29ClN2O/c1-22-9-18-32-30(19-22)28-6-4-7-29(28)33(36-32)24-12-14-26(15-13-24)35-20-23-10-16-27(17-11-23)37-21-25-5-2-3-8-31(25)34/h2-6,8-20,28-29,33,36H,7,21H2,1H3/t28-,29+,33+/m1/s1. The molecule has 6 rings (SSSR count). The fourth-order valence-electron chi connectivity index (χ4n) is 5.39. The van der Waals surface area contributed by atoms with Crippen LogP contribution in [-0.4, -0.2) is 6.21 Å². The van der Waals surface area contributed by atoms with Gasteiger partial charge in [0, 0.05) is 28.4 Å². The molecule has 184 valence electrons. The van der Waals surface area contributed by atoms with Crippen molar-refractivity contribution in [2.75, 3.05) is 5.32 Å². The van der Waals surface area contributed by atoms with Gasteiger partial charge in [-0.15, -0.1) is 0 Å². The summed E-state index contributed by atoms with van der Waals surface area (Å²) >= 11 is 6.21. The summed E-state index contributed by atoms with van der Waals surface area (Å²) in [7, 11) is 0. The zero-order valence-corrected chi connectivity index (χ0v) is 21.5. The average Bonchev–Trinajstić information content (AvgIpc) is 3.43. The van der Waals surface area contributed by atoms with E-state index in [0.717, 1.165) is 34.0 Å². The fraction of sp³-hybridized carbons (Fsp3) is 0.182. The van der Waals surface area contributed by atoms with Gasteiger partial charge in [-0.1, -0.05) is 71.8 Å². The zero-order chi connectivity index (χ0) is 25.2. The third kappa shape index (κ3) is 5.05. The highest BCUT2D eigenvalue weighted by atomic mass is 35.5. The number of halogens is 1. The first kappa shape index (κ1) is 23.6. The molecule has 0 amide bonds. The summed E-state index contributed by atoms with van der Waals surface area (Å²) in [6, 6.07) is 31.4. The number of allylic oxidation sites excluding steroid dienone is 2. The lowest BCUT2D eigenvalue weighted by Gasteiger charge is -2.37. The van der Waals surface area contributed by atoms with Gasteiger partial charge in [0.05, 0.1) is 11.7 Å². The van der Waals surface area contributed by atoms with Crippen molar-refractivity contribution in [1.82, 2.24) is 0 Å². The molecule has 3 atom stereocenters. The average molecular weight is 505 g/mol. The van der Waals surface area contributed by atoms with Crippen molar-refractivity contribution in [3.63, 3.8) is 0 Å². The summed E-state index contributed by atoms with van der Waals surface area (Å²) in [6.45, 7) is 2.61. The highest BCUT2D eigenvalue weighted by Crippen LogP contribution is 2.50. The van der Waals surface area contributed by atoms with Crippen molar-refractivity contribution >= 4 is 29.2 Å². The van der Waals surface area contributed by atoms with E-state index in [9.17, 15) is 0 Å². The minimum absolute atomic E-state index is 0.298. The SMILES string of the molecule is Cc1ccc2c(c1)[C@@H]1C=CC[C@@H]1[C@H](c1ccc(N=Cc3ccc(OCc4ccccc4Cl)cc3)cc1)N2. The lowest BCUT2D eigenvalue weighted by atomic mass is 9.76. The molecule has 1 N–H and O–H groups in total. The van der Waals surface area contributed by atoms with Crippen molar-refractivity contribution in [1.29, 1.82) is 0 Å². The fourth-order valence-corrected chi connectivity index (χ4v) is 5.58. The van der Waals surface area contributed by atoms with E-state index >= 15 is 0 Å². The third-order valence-electron chi connectivity index (χ3n) is 7.37. The Morgan fingerprint density at radius 1 is 0.973 bits per heavy atom. The van der Waals surface area contributed by atoms with Gasteiger partial charge < -0.3 is 10.1 Å². The summed E-state index contributed by atoms with van der Waals surface area (Å²) in [5.41, 5.74) is 8.25. The van der Waals surface area contributed by atoms with E-state index < -0.39 is 0 Å². The number of hydrogen-bond acceptors (Lipinski definition) is 3. The molecule has 2 aliphatic rings. The summed E-state index contributed by atoms with van der Waals surface area (Å²) < 4.78 is 5.88. The molecule has 4 aromatic carbocycles. The summed E-state index contributed by atoms with van der Waals surface area (Å²) in [5, 5.41) is 4.54. The minimum Gasteiger partial charge on any atom is -0.489 e. The Kier molecular flexibility index (Phi) is 6.55. The van der Waals surface area contributed by atoms with Crippen LogP contribution in [0.15, 0.2) is 108 Å². The summed E-state index contributed by atoms with van der Waals surface area (Å²) in [6.07, 6.45) is 7.73. The molecule has 3 nitrogen and oxygen atoms in total. The number of rotatable bonds is 6. The Hall–Kier alpha value is -3.82. The number of ether oxygens (including phenoxy) is 1. The van der Waals surface area contributed by atoms with Crippen LogP contribution in [0, 0.1) is 12.8 Å². The Morgan fingerprint density at radius 2 is 1.78 bits per heavy atom. The molecule has 1 aliphatic carbocycles. The first-order valence-electron chi connectivity index (χ1n) is 12.8. The number of fused-ring (bicyclic) bond motifs is 3. The molecule has 0 aromatic heterocycles. The molecule has 37 heavy (non-hydrogen) atoms. The van der Waals surface area contributed by atoms with Crippen LogP contribution in [-0.2, 0) is 6.61 Å². The van der Waals surface area contributed by atoms with E-state index in [-0.39, 0.29) is 0 Å². The topological polar surface area (TPSA) is 33.6 Å². The van der Waals surface area contributed by atoms with Gasteiger partial charge in [0.15, 0.2) is 0 Å². The van der Waals surface area contributed by atoms with Crippen molar-refractivity contribution in [2.45, 2.75) is 31.9 Å². The number of aliphatic imine (C=N–C) groups is 1. The molecule has 0 unspecified atom stereocenters. The predicted molar refractivity (Wildman–Crippen MR) is 153 cm³/mol. The highest BCUT2D eigenvalue weighted by Gasteiger charge is 2.37. The first-order valence-corrected chi connectivity index (χ1v) is 13.2. The van der Waals surface area contributed by atoms with Gasteiger partial charge >= 0.3 is 0 Å². The van der Waals surface area contributed by atoms with Crippen LogP contribution in [0.2, 0.25) is 5.02 Å². The normalized spacial score (nSPS) is 19.9. The van der Waals surface area contributed by atoms with E-state index in [2.05, 4.69) is 66.9 Å². The molecule has 0 radical (unpaired) electrons. The lowest BCUT2D eigenvalue weighted by molar-refractivity contribution is 0.306. The highest BCUT2D eigenvalue weighted by molar-refractivity contribution is 6.31. The second-order valence-electron chi connectivity index (χ2n) is 9.87. The molecule has 0 saturated carbocycles. The Balaban J connectivity index is 1.11. The van der Waals surface area contributed by atoms with E-state index in [4.69, 9.17) is 21.3 Å². The molecule has 0 spiro atoms. The monoisotopic (exact) mass is 504 g/mol. The number of benzene rings is 4. The number of anilines is 1. The molecular weight excluding hydrogens is 476 g/mol. The van der Waals surface area contributed by atoms with Gasteiger partial charge in [-0.2, -0.15) is 0 Å². The second-order valence-corrected chi connectivity index (χ2v) is 10.3. The van der Waals surface area contributed by atoms with Gasteiger partial charge in [-0.3, -0.25) is 4.99 Å². The number of nitrogens with one attached hydrogen (secondary N) is 1. The van der Waals surface area contributed by atoms with E-state index in [1.807, 2.05) is 54.7 Å². The van der Waals surface area contributed by atoms with Gasteiger partial charge in [0.2, 0.25) is 0 Å². The van der Waals surface area contributed by atoms with Crippen LogP contribution in [0.5, 0.6) is 5.75 Å². The molecule has 0 saturated heterocycles. The summed E-state index contributed by atoms with van der Waals surface area (Å²) in [4.78, 5) is 4.69. The van der Waals surface area contributed by atoms with E-state index in [1.54, 1.807) is 0 Å². The largest absolute Gasteiger partial charge is 0.489 e. The predicted octanol–water partition coefficient (Wildman–Crippen LogP) is 8.80. The van der Waals surface area contributed by atoms with Gasteiger partial charge in [0.25, 0.3) is 0 Å². The molecule has 0 bridgehead atoms. The summed E-state index contributed by atoms with van der Waals surface area (Å²) in [5.74, 6) is 1.83. The van der Waals surface area contributed by atoms with Crippen molar-refractivity contribution in [2.24, 2.45) is 10.9 Å². The molecule has 1 aliphatic heterocycles. The van der Waals surface area contributed by atoms with Crippen LogP contribution < -0.4 is 10.1 Å².